The lowest BCUT2D eigenvalue weighted by Gasteiger charge is -2.08. The third kappa shape index (κ3) is 2.65. The number of aromatic nitrogens is 2. The maximum absolute atomic E-state index is 4.43. The second-order valence-corrected chi connectivity index (χ2v) is 5.70. The molecule has 4 heteroatoms. The summed E-state index contributed by atoms with van der Waals surface area (Å²) in [6, 6.07) is 9.20. The number of benzene rings is 1. The van der Waals surface area contributed by atoms with Crippen LogP contribution in [-0.2, 0) is 6.54 Å². The Morgan fingerprint density at radius 3 is 2.83 bits per heavy atom. The predicted octanol–water partition coefficient (Wildman–Crippen LogP) is 3.20. The highest BCUT2D eigenvalue weighted by atomic mass is 79.9. The van der Waals surface area contributed by atoms with E-state index in [1.54, 1.807) is 0 Å². The Bertz CT molecular complexity index is 558. The van der Waals surface area contributed by atoms with E-state index in [-0.39, 0.29) is 0 Å². The summed E-state index contributed by atoms with van der Waals surface area (Å²) in [7, 11) is 0. The van der Waals surface area contributed by atoms with Crippen LogP contribution in [0.1, 0.15) is 24.1 Å². The van der Waals surface area contributed by atoms with Crippen LogP contribution in [-0.4, -0.2) is 15.8 Å². The van der Waals surface area contributed by atoms with Gasteiger partial charge in [0.2, 0.25) is 0 Å². The van der Waals surface area contributed by atoms with Gasteiger partial charge in [0.1, 0.15) is 0 Å². The second kappa shape index (κ2) is 4.86. The molecule has 0 atom stereocenters. The van der Waals surface area contributed by atoms with Gasteiger partial charge in [0, 0.05) is 23.3 Å². The first-order valence-electron chi connectivity index (χ1n) is 6.27. The van der Waals surface area contributed by atoms with E-state index >= 15 is 0 Å². The quantitative estimate of drug-likeness (QED) is 0.940. The van der Waals surface area contributed by atoms with E-state index in [4.69, 9.17) is 0 Å². The van der Waals surface area contributed by atoms with Crippen molar-refractivity contribution in [3.8, 4) is 5.69 Å². The Hall–Kier alpha value is -1.13. The molecule has 1 N–H and O–H groups in total. The number of halogens is 1. The van der Waals surface area contributed by atoms with Crippen LogP contribution in [0.15, 0.2) is 34.9 Å². The van der Waals surface area contributed by atoms with E-state index in [9.17, 15) is 0 Å². The average molecular weight is 306 g/mol. The second-order valence-electron chi connectivity index (χ2n) is 4.84. The van der Waals surface area contributed by atoms with Crippen molar-refractivity contribution in [2.24, 2.45) is 0 Å². The molecule has 1 aromatic carbocycles. The lowest BCUT2D eigenvalue weighted by atomic mass is 10.2. The molecule has 0 unspecified atom stereocenters. The molecule has 0 amide bonds. The molecule has 3 nitrogen and oxygen atoms in total. The van der Waals surface area contributed by atoms with E-state index in [2.05, 4.69) is 44.5 Å². The molecule has 1 aliphatic rings. The summed E-state index contributed by atoms with van der Waals surface area (Å²) in [6.07, 6.45) is 4.63. The fourth-order valence-corrected chi connectivity index (χ4v) is 2.55. The highest BCUT2D eigenvalue weighted by molar-refractivity contribution is 9.10. The maximum atomic E-state index is 4.43. The molecule has 1 fully saturated rings. The minimum absolute atomic E-state index is 0.747. The zero-order valence-corrected chi connectivity index (χ0v) is 11.9. The van der Waals surface area contributed by atoms with Crippen molar-refractivity contribution in [1.29, 1.82) is 0 Å². The molecule has 0 radical (unpaired) electrons. The number of aryl methyl sites for hydroxylation is 1. The molecular formula is C14H16BrN3. The van der Waals surface area contributed by atoms with Crippen molar-refractivity contribution >= 4 is 15.9 Å². The minimum atomic E-state index is 0.747. The normalized spacial score (nSPS) is 15.0. The van der Waals surface area contributed by atoms with Crippen LogP contribution >= 0.6 is 15.9 Å². The lowest BCUT2D eigenvalue weighted by Crippen LogP contribution is -2.15. The van der Waals surface area contributed by atoms with Crippen molar-refractivity contribution in [3.63, 3.8) is 0 Å². The van der Waals surface area contributed by atoms with Crippen LogP contribution in [0.3, 0.4) is 0 Å². The third-order valence-corrected chi connectivity index (χ3v) is 3.79. The standard InChI is InChI=1S/C14H16BrN3/c1-10-6-7-18(17-10)14-5-2-11(8-13(14)15)9-16-12-3-4-12/h2,5-8,12,16H,3-4,9H2,1H3. The SMILES string of the molecule is Cc1ccn(-c2ccc(CNC3CC3)cc2Br)n1. The Morgan fingerprint density at radius 2 is 2.22 bits per heavy atom. The molecule has 2 aromatic rings. The summed E-state index contributed by atoms with van der Waals surface area (Å²) in [6.45, 7) is 2.94. The van der Waals surface area contributed by atoms with Crippen molar-refractivity contribution in [2.75, 3.05) is 0 Å². The number of nitrogens with zero attached hydrogens (tertiary/aromatic N) is 2. The largest absolute Gasteiger partial charge is 0.310 e. The Kier molecular flexibility index (Phi) is 3.22. The summed E-state index contributed by atoms with van der Waals surface area (Å²) < 4.78 is 2.98. The van der Waals surface area contributed by atoms with Gasteiger partial charge in [0.25, 0.3) is 0 Å². The summed E-state index contributed by atoms with van der Waals surface area (Å²) in [5.74, 6) is 0. The average Bonchev–Trinajstić information content (AvgIpc) is 3.09. The first-order valence-corrected chi connectivity index (χ1v) is 7.06. The zero-order chi connectivity index (χ0) is 12.5. The van der Waals surface area contributed by atoms with Gasteiger partial charge in [-0.25, -0.2) is 4.68 Å². The van der Waals surface area contributed by atoms with Gasteiger partial charge in [-0.1, -0.05) is 6.07 Å². The smallest absolute Gasteiger partial charge is 0.0787 e. The van der Waals surface area contributed by atoms with Gasteiger partial charge in [-0.05, 0) is 59.5 Å². The van der Waals surface area contributed by atoms with Crippen LogP contribution in [0.25, 0.3) is 5.69 Å². The molecule has 1 aromatic heterocycles. The summed E-state index contributed by atoms with van der Waals surface area (Å²) in [4.78, 5) is 0. The van der Waals surface area contributed by atoms with Crippen LogP contribution < -0.4 is 5.32 Å². The van der Waals surface area contributed by atoms with Gasteiger partial charge in [0.15, 0.2) is 0 Å². The summed E-state index contributed by atoms with van der Waals surface area (Å²) in [5, 5.41) is 7.95. The lowest BCUT2D eigenvalue weighted by molar-refractivity contribution is 0.687. The molecule has 18 heavy (non-hydrogen) atoms. The van der Waals surface area contributed by atoms with E-state index in [1.807, 2.05) is 23.9 Å². The van der Waals surface area contributed by atoms with Crippen molar-refractivity contribution in [1.82, 2.24) is 15.1 Å². The maximum Gasteiger partial charge on any atom is 0.0787 e. The Balaban J connectivity index is 1.79. The summed E-state index contributed by atoms with van der Waals surface area (Å²) in [5.41, 5.74) is 3.42. The zero-order valence-electron chi connectivity index (χ0n) is 10.4. The Morgan fingerprint density at radius 1 is 1.39 bits per heavy atom. The van der Waals surface area contributed by atoms with E-state index in [0.29, 0.717) is 0 Å². The molecule has 0 saturated heterocycles. The number of hydrogen-bond donors (Lipinski definition) is 1. The monoisotopic (exact) mass is 305 g/mol. The fourth-order valence-electron chi connectivity index (χ4n) is 1.95. The van der Waals surface area contributed by atoms with Crippen molar-refractivity contribution in [2.45, 2.75) is 32.4 Å². The van der Waals surface area contributed by atoms with Gasteiger partial charge >= 0.3 is 0 Å². The van der Waals surface area contributed by atoms with Gasteiger partial charge in [-0.3, -0.25) is 0 Å². The van der Waals surface area contributed by atoms with Gasteiger partial charge in [-0.2, -0.15) is 5.10 Å². The minimum Gasteiger partial charge on any atom is -0.310 e. The Labute approximate surface area is 115 Å². The highest BCUT2D eigenvalue weighted by Crippen LogP contribution is 2.23. The number of rotatable bonds is 4. The third-order valence-electron chi connectivity index (χ3n) is 3.15. The van der Waals surface area contributed by atoms with Crippen LogP contribution in [0.4, 0.5) is 0 Å². The molecule has 1 saturated carbocycles. The summed E-state index contributed by atoms with van der Waals surface area (Å²) >= 11 is 3.63. The molecule has 0 bridgehead atoms. The molecule has 0 aliphatic heterocycles. The molecule has 94 valence electrons. The fraction of sp³-hybridized carbons (Fsp3) is 0.357. The van der Waals surface area contributed by atoms with Crippen LogP contribution in [0, 0.1) is 6.92 Å². The topological polar surface area (TPSA) is 29.9 Å². The van der Waals surface area contributed by atoms with E-state index < -0.39 is 0 Å². The molecule has 1 heterocycles. The van der Waals surface area contributed by atoms with Crippen molar-refractivity contribution in [3.05, 3.63) is 46.2 Å². The van der Waals surface area contributed by atoms with Crippen LogP contribution in [0.2, 0.25) is 0 Å². The highest BCUT2D eigenvalue weighted by Gasteiger charge is 2.20. The van der Waals surface area contributed by atoms with Gasteiger partial charge in [0.05, 0.1) is 11.4 Å². The van der Waals surface area contributed by atoms with E-state index in [1.165, 1.54) is 18.4 Å². The van der Waals surface area contributed by atoms with E-state index in [0.717, 1.165) is 28.4 Å². The first kappa shape index (κ1) is 11.9. The molecule has 1 aliphatic carbocycles. The van der Waals surface area contributed by atoms with Gasteiger partial charge in [-0.15, -0.1) is 0 Å². The molecular weight excluding hydrogens is 290 g/mol. The number of nitrogens with one attached hydrogen (secondary N) is 1. The predicted molar refractivity (Wildman–Crippen MR) is 75.9 cm³/mol. The van der Waals surface area contributed by atoms with Gasteiger partial charge < -0.3 is 5.32 Å². The molecule has 3 rings (SSSR count). The van der Waals surface area contributed by atoms with Crippen LogP contribution in [0.5, 0.6) is 0 Å². The first-order chi connectivity index (χ1) is 8.72. The number of hydrogen-bond acceptors (Lipinski definition) is 2. The molecule has 0 spiro atoms. The van der Waals surface area contributed by atoms with Crippen molar-refractivity contribution < 1.29 is 0 Å².